The predicted octanol–water partition coefficient (Wildman–Crippen LogP) is 5.77. The highest BCUT2D eigenvalue weighted by Crippen LogP contribution is 2.52. The van der Waals surface area contributed by atoms with Gasteiger partial charge < -0.3 is 9.80 Å². The molecule has 1 atom stereocenters. The number of aromatic nitrogens is 4. The van der Waals surface area contributed by atoms with E-state index in [2.05, 4.69) is 68.3 Å². The van der Waals surface area contributed by atoms with Crippen LogP contribution in [0.25, 0.3) is 22.5 Å². The Morgan fingerprint density at radius 3 is 1.88 bits per heavy atom. The number of anilines is 4. The number of nitrogens with zero attached hydrogens (tertiary/aromatic N) is 6. The second kappa shape index (κ2) is 7.49. The summed E-state index contributed by atoms with van der Waals surface area (Å²) in [5, 5.41) is 0. The summed E-state index contributed by atoms with van der Waals surface area (Å²) in [6.07, 6.45) is 8.22. The minimum atomic E-state index is 0.0840. The number of fused-ring (bicyclic) bond motifs is 5. The third-order valence-electron chi connectivity index (χ3n) is 6.47. The van der Waals surface area contributed by atoms with Crippen LogP contribution < -0.4 is 9.80 Å². The minimum Gasteiger partial charge on any atom is -0.301 e. The molecule has 0 amide bonds. The summed E-state index contributed by atoms with van der Waals surface area (Å²) in [4.78, 5) is 23.9. The number of benzene rings is 2. The van der Waals surface area contributed by atoms with Crippen molar-refractivity contribution in [3.8, 4) is 22.5 Å². The van der Waals surface area contributed by atoms with E-state index in [0.717, 1.165) is 46.3 Å². The first-order valence-corrected chi connectivity index (χ1v) is 11.3. The summed E-state index contributed by atoms with van der Waals surface area (Å²) in [6.45, 7) is 0. The van der Waals surface area contributed by atoms with E-state index in [1.165, 1.54) is 11.3 Å². The average molecular weight is 441 g/mol. The van der Waals surface area contributed by atoms with Crippen LogP contribution in [0.2, 0.25) is 0 Å². The maximum absolute atomic E-state index is 5.27. The average Bonchev–Trinajstić information content (AvgIpc) is 3.43. The van der Waals surface area contributed by atoms with Crippen molar-refractivity contribution in [1.29, 1.82) is 0 Å². The highest BCUT2D eigenvalue weighted by atomic mass is 15.5. The summed E-state index contributed by atoms with van der Waals surface area (Å²) in [7, 11) is 0. The van der Waals surface area contributed by atoms with Crippen molar-refractivity contribution >= 4 is 23.0 Å². The summed E-state index contributed by atoms with van der Waals surface area (Å²) < 4.78 is 0. The van der Waals surface area contributed by atoms with E-state index in [-0.39, 0.29) is 6.17 Å². The number of hydrogen-bond donors (Lipinski definition) is 0. The van der Waals surface area contributed by atoms with E-state index >= 15 is 0 Å². The summed E-state index contributed by atoms with van der Waals surface area (Å²) >= 11 is 0. The van der Waals surface area contributed by atoms with Gasteiger partial charge in [0.15, 0.2) is 11.6 Å². The standard InChI is InChI=1S/C28H20N6/c1-2-11-22(12-3-1)33-24-16-19-8-4-5-13-23(19)34(24)28-27(33)31-25(20-9-6-14-29-17-20)26(32-28)21-10-7-15-30-18-21/h1-15,17-18,24H,16H2. The third kappa shape index (κ3) is 2.82. The number of hydrogen-bond acceptors (Lipinski definition) is 6. The zero-order valence-electron chi connectivity index (χ0n) is 18.3. The first-order chi connectivity index (χ1) is 16.9. The maximum Gasteiger partial charge on any atom is 0.179 e. The maximum atomic E-state index is 5.27. The van der Waals surface area contributed by atoms with Gasteiger partial charge >= 0.3 is 0 Å². The molecule has 0 fully saturated rings. The van der Waals surface area contributed by atoms with Crippen LogP contribution in [0.3, 0.4) is 0 Å². The van der Waals surface area contributed by atoms with E-state index in [0.29, 0.717) is 0 Å². The van der Waals surface area contributed by atoms with Gasteiger partial charge in [0.2, 0.25) is 0 Å². The van der Waals surface area contributed by atoms with Gasteiger partial charge in [0.05, 0.1) is 0 Å². The zero-order chi connectivity index (χ0) is 22.5. The molecule has 7 rings (SSSR count). The Kier molecular flexibility index (Phi) is 4.17. The molecular weight excluding hydrogens is 420 g/mol. The topological polar surface area (TPSA) is 58.0 Å². The Hall–Kier alpha value is -4.58. The Morgan fingerprint density at radius 1 is 0.618 bits per heavy atom. The van der Waals surface area contributed by atoms with Crippen LogP contribution in [0, 0.1) is 0 Å². The molecule has 34 heavy (non-hydrogen) atoms. The SMILES string of the molecule is c1ccc(N2c3nc(-c4cccnc4)c(-c4cccnc4)nc3N3c4ccccc4CC23)cc1. The van der Waals surface area contributed by atoms with E-state index in [4.69, 9.17) is 9.97 Å². The van der Waals surface area contributed by atoms with E-state index < -0.39 is 0 Å². The summed E-state index contributed by atoms with van der Waals surface area (Å²) in [6, 6.07) is 26.9. The molecule has 0 N–H and O–H groups in total. The van der Waals surface area contributed by atoms with Gasteiger partial charge in [-0.25, -0.2) is 9.97 Å². The molecule has 0 aliphatic carbocycles. The zero-order valence-corrected chi connectivity index (χ0v) is 18.3. The van der Waals surface area contributed by atoms with E-state index in [1.54, 1.807) is 12.4 Å². The first-order valence-electron chi connectivity index (χ1n) is 11.3. The molecule has 0 spiro atoms. The molecule has 5 heterocycles. The van der Waals surface area contributed by atoms with Crippen molar-refractivity contribution in [2.75, 3.05) is 9.80 Å². The molecule has 0 saturated carbocycles. The molecule has 162 valence electrons. The van der Waals surface area contributed by atoms with Crippen molar-refractivity contribution in [2.45, 2.75) is 12.6 Å². The van der Waals surface area contributed by atoms with Crippen LogP contribution in [0.15, 0.2) is 104 Å². The van der Waals surface area contributed by atoms with Gasteiger partial charge in [-0.15, -0.1) is 0 Å². The molecule has 2 aliphatic heterocycles. The van der Waals surface area contributed by atoms with Crippen molar-refractivity contribution in [3.63, 3.8) is 0 Å². The monoisotopic (exact) mass is 440 g/mol. The van der Waals surface area contributed by atoms with Gasteiger partial charge in [0.25, 0.3) is 0 Å². The Bertz CT molecular complexity index is 1430. The number of pyridine rings is 2. The normalized spacial score (nSPS) is 15.7. The molecule has 0 saturated heterocycles. The lowest BCUT2D eigenvalue weighted by Gasteiger charge is -2.26. The van der Waals surface area contributed by atoms with Crippen LogP contribution >= 0.6 is 0 Å². The van der Waals surface area contributed by atoms with Gasteiger partial charge in [-0.1, -0.05) is 36.4 Å². The van der Waals surface area contributed by atoms with Crippen molar-refractivity contribution in [3.05, 3.63) is 109 Å². The van der Waals surface area contributed by atoms with Gasteiger partial charge in [-0.05, 0) is 48.0 Å². The van der Waals surface area contributed by atoms with Crippen molar-refractivity contribution < 1.29 is 0 Å². The number of rotatable bonds is 3. The molecule has 0 radical (unpaired) electrons. The predicted molar refractivity (Wildman–Crippen MR) is 133 cm³/mol. The van der Waals surface area contributed by atoms with E-state index in [1.807, 2.05) is 42.7 Å². The van der Waals surface area contributed by atoms with Gasteiger partial charge in [-0.3, -0.25) is 9.97 Å². The van der Waals surface area contributed by atoms with Crippen LogP contribution in [0.5, 0.6) is 0 Å². The minimum absolute atomic E-state index is 0.0840. The molecule has 0 bridgehead atoms. The molecule has 2 aromatic carbocycles. The van der Waals surface area contributed by atoms with E-state index in [9.17, 15) is 0 Å². The molecule has 5 aromatic rings. The Balaban J connectivity index is 1.52. The summed E-state index contributed by atoms with van der Waals surface area (Å²) in [5.41, 5.74) is 7.07. The number of para-hydroxylation sites is 2. The third-order valence-corrected chi connectivity index (χ3v) is 6.47. The van der Waals surface area contributed by atoms with Crippen LogP contribution in [-0.2, 0) is 6.42 Å². The molecule has 2 aliphatic rings. The smallest absolute Gasteiger partial charge is 0.179 e. The van der Waals surface area contributed by atoms with Gasteiger partial charge in [-0.2, -0.15) is 0 Å². The van der Waals surface area contributed by atoms with Crippen LogP contribution in [0.4, 0.5) is 23.0 Å². The Labute approximate surface area is 197 Å². The molecule has 3 aromatic heterocycles. The fourth-order valence-electron chi connectivity index (χ4n) is 5.00. The largest absolute Gasteiger partial charge is 0.301 e. The van der Waals surface area contributed by atoms with Crippen LogP contribution in [0.1, 0.15) is 5.56 Å². The lowest BCUT2D eigenvalue weighted by atomic mass is 10.1. The molecule has 1 unspecified atom stereocenters. The molecule has 6 heteroatoms. The Morgan fingerprint density at radius 2 is 1.24 bits per heavy atom. The van der Waals surface area contributed by atoms with Gasteiger partial charge in [0, 0.05) is 53.7 Å². The highest BCUT2D eigenvalue weighted by molar-refractivity contribution is 5.91. The lowest BCUT2D eigenvalue weighted by Crippen LogP contribution is -2.36. The van der Waals surface area contributed by atoms with Crippen molar-refractivity contribution in [1.82, 2.24) is 19.9 Å². The fraction of sp³-hybridized carbons (Fsp3) is 0.0714. The first kappa shape index (κ1) is 18.9. The molecular formula is C28H20N6. The van der Waals surface area contributed by atoms with Crippen molar-refractivity contribution in [2.24, 2.45) is 0 Å². The highest BCUT2D eigenvalue weighted by Gasteiger charge is 2.45. The van der Waals surface area contributed by atoms with Crippen LogP contribution in [-0.4, -0.2) is 26.1 Å². The lowest BCUT2D eigenvalue weighted by molar-refractivity contribution is 0.723. The molecule has 6 nitrogen and oxygen atoms in total. The fourth-order valence-corrected chi connectivity index (χ4v) is 5.00. The second-order valence-electron chi connectivity index (χ2n) is 8.44. The summed E-state index contributed by atoms with van der Waals surface area (Å²) in [5.74, 6) is 1.72. The quantitative estimate of drug-likeness (QED) is 0.355. The second-order valence-corrected chi connectivity index (χ2v) is 8.44. The van der Waals surface area contributed by atoms with Gasteiger partial charge in [0.1, 0.15) is 17.6 Å².